The lowest BCUT2D eigenvalue weighted by atomic mass is 10.1. The molecule has 0 amide bonds. The number of para-hydroxylation sites is 1. The Balaban J connectivity index is 2.18. The van der Waals surface area contributed by atoms with Crippen LogP contribution in [0.4, 0.5) is 0 Å². The van der Waals surface area contributed by atoms with Crippen LogP contribution in [-0.4, -0.2) is 11.7 Å². The molecule has 100 valence electrons. The summed E-state index contributed by atoms with van der Waals surface area (Å²) in [7, 11) is 1.66. The zero-order chi connectivity index (χ0) is 13.9. The molecule has 1 aromatic heterocycles. The van der Waals surface area contributed by atoms with Gasteiger partial charge in [0.1, 0.15) is 5.75 Å². The molecule has 0 aliphatic heterocycles. The van der Waals surface area contributed by atoms with Gasteiger partial charge in [-0.1, -0.05) is 30.3 Å². The average Bonchev–Trinajstić information content (AvgIpc) is 2.90. The van der Waals surface area contributed by atoms with Gasteiger partial charge in [0.15, 0.2) is 4.80 Å². The van der Waals surface area contributed by atoms with Gasteiger partial charge in [0.25, 0.3) is 0 Å². The lowest BCUT2D eigenvalue weighted by molar-refractivity contribution is 0.415. The minimum atomic E-state index is 0.508. The smallest absolute Gasteiger partial charge is 0.187 e. The molecule has 0 fully saturated rings. The maximum Gasteiger partial charge on any atom is 0.187 e. The van der Waals surface area contributed by atoms with Gasteiger partial charge in [0.05, 0.1) is 12.8 Å². The minimum absolute atomic E-state index is 0.508. The van der Waals surface area contributed by atoms with Crippen LogP contribution in [0.1, 0.15) is 0 Å². The van der Waals surface area contributed by atoms with E-state index in [1.807, 2.05) is 64.5 Å². The Bertz CT molecular complexity index is 774. The molecule has 3 rings (SSSR count). The molecule has 2 aromatic carbocycles. The average molecular weight is 282 g/mol. The van der Waals surface area contributed by atoms with E-state index in [-0.39, 0.29) is 0 Å². The fourth-order valence-electron chi connectivity index (χ4n) is 2.14. The Kier molecular flexibility index (Phi) is 3.39. The minimum Gasteiger partial charge on any atom is -0.497 e. The third kappa shape index (κ3) is 2.26. The van der Waals surface area contributed by atoms with Gasteiger partial charge in [-0.3, -0.25) is 9.98 Å². The molecule has 0 saturated heterocycles. The van der Waals surface area contributed by atoms with Gasteiger partial charge in [-0.05, 0) is 24.3 Å². The first-order valence-corrected chi connectivity index (χ1v) is 7.12. The molecule has 0 bridgehead atoms. The van der Waals surface area contributed by atoms with Crippen LogP contribution in [0.2, 0.25) is 0 Å². The number of aromatic nitrogens is 1. The first-order valence-electron chi connectivity index (χ1n) is 6.24. The Morgan fingerprint density at radius 2 is 1.85 bits per heavy atom. The van der Waals surface area contributed by atoms with E-state index in [0.717, 1.165) is 22.7 Å². The lowest BCUT2D eigenvalue weighted by Gasteiger charge is -2.09. The second-order valence-corrected chi connectivity index (χ2v) is 5.19. The number of hydrogen-bond acceptors (Lipinski definition) is 3. The summed E-state index contributed by atoms with van der Waals surface area (Å²) in [6, 6.07) is 17.9. The van der Waals surface area contributed by atoms with E-state index in [4.69, 9.17) is 10.1 Å². The van der Waals surface area contributed by atoms with Crippen molar-refractivity contribution in [2.24, 2.45) is 0 Å². The van der Waals surface area contributed by atoms with Crippen molar-refractivity contribution >= 4 is 11.3 Å². The summed E-state index contributed by atoms with van der Waals surface area (Å²) in [6.45, 7) is 0. The molecular weight excluding hydrogens is 268 g/mol. The van der Waals surface area contributed by atoms with Gasteiger partial charge in [0, 0.05) is 16.6 Å². The number of thiazole rings is 1. The molecule has 0 spiro atoms. The number of rotatable bonds is 3. The monoisotopic (exact) mass is 282 g/mol. The summed E-state index contributed by atoms with van der Waals surface area (Å²) >= 11 is 1.42. The highest BCUT2D eigenvalue weighted by atomic mass is 32.1. The number of nitrogens with zero attached hydrogens (tertiary/aromatic N) is 1. The molecule has 0 atom stereocenters. The first-order chi connectivity index (χ1) is 9.79. The van der Waals surface area contributed by atoms with Gasteiger partial charge in [-0.25, -0.2) is 0 Å². The van der Waals surface area contributed by atoms with Crippen molar-refractivity contribution < 1.29 is 4.74 Å². The van der Waals surface area contributed by atoms with Crippen LogP contribution in [0, 0.1) is 5.41 Å². The van der Waals surface area contributed by atoms with Crippen molar-refractivity contribution in [2.75, 3.05) is 7.11 Å². The van der Waals surface area contributed by atoms with E-state index in [0.29, 0.717) is 4.80 Å². The maximum atomic E-state index is 8.13. The van der Waals surface area contributed by atoms with E-state index in [9.17, 15) is 0 Å². The summed E-state index contributed by atoms with van der Waals surface area (Å²) in [5.41, 5.74) is 3.05. The summed E-state index contributed by atoms with van der Waals surface area (Å²) < 4.78 is 7.22. The van der Waals surface area contributed by atoms with Gasteiger partial charge in [-0.2, -0.15) is 0 Å². The number of hydrogen-bond donors (Lipinski definition) is 1. The Morgan fingerprint density at radius 1 is 1.05 bits per heavy atom. The van der Waals surface area contributed by atoms with Crippen molar-refractivity contribution in [3.63, 3.8) is 0 Å². The van der Waals surface area contributed by atoms with Crippen LogP contribution in [0.25, 0.3) is 16.9 Å². The molecule has 4 heteroatoms. The van der Waals surface area contributed by atoms with E-state index in [2.05, 4.69) is 0 Å². The molecule has 1 N–H and O–H groups in total. The number of methoxy groups -OCH3 is 1. The van der Waals surface area contributed by atoms with E-state index < -0.39 is 0 Å². The largest absolute Gasteiger partial charge is 0.497 e. The number of benzene rings is 2. The second kappa shape index (κ2) is 5.35. The molecular formula is C16H14N2OS. The standard InChI is InChI=1S/C16H14N2OS/c1-19-14-9-5-6-12(10-14)15-11-20-16(17)18(15)13-7-3-2-4-8-13/h2-11,17H,1H3. The summed E-state index contributed by atoms with van der Waals surface area (Å²) in [5.74, 6) is 0.819. The van der Waals surface area contributed by atoms with Crippen molar-refractivity contribution in [1.29, 1.82) is 5.41 Å². The van der Waals surface area contributed by atoms with E-state index in [1.54, 1.807) is 7.11 Å². The quantitative estimate of drug-likeness (QED) is 0.781. The van der Waals surface area contributed by atoms with E-state index >= 15 is 0 Å². The molecule has 3 nitrogen and oxygen atoms in total. The molecule has 0 unspecified atom stereocenters. The van der Waals surface area contributed by atoms with Gasteiger partial charge >= 0.3 is 0 Å². The topological polar surface area (TPSA) is 38.0 Å². The molecule has 20 heavy (non-hydrogen) atoms. The van der Waals surface area contributed by atoms with Crippen LogP contribution in [0.5, 0.6) is 5.75 Å². The van der Waals surface area contributed by atoms with Crippen LogP contribution in [-0.2, 0) is 0 Å². The van der Waals surface area contributed by atoms with Gasteiger partial charge < -0.3 is 4.74 Å². The third-order valence-corrected chi connectivity index (χ3v) is 3.85. The predicted molar refractivity (Wildman–Crippen MR) is 81.5 cm³/mol. The molecule has 3 aromatic rings. The second-order valence-electron chi connectivity index (χ2n) is 4.33. The molecule has 0 saturated carbocycles. The van der Waals surface area contributed by atoms with Crippen molar-refractivity contribution in [3.05, 3.63) is 64.8 Å². The molecule has 0 aliphatic rings. The zero-order valence-electron chi connectivity index (χ0n) is 11.0. The Hall–Kier alpha value is -2.33. The Labute approximate surface area is 121 Å². The fourth-order valence-corrected chi connectivity index (χ4v) is 2.91. The highest BCUT2D eigenvalue weighted by Crippen LogP contribution is 2.26. The zero-order valence-corrected chi connectivity index (χ0v) is 11.9. The maximum absolute atomic E-state index is 8.13. The third-order valence-electron chi connectivity index (χ3n) is 3.11. The summed E-state index contributed by atoms with van der Waals surface area (Å²) in [4.78, 5) is 0.508. The number of nitrogens with one attached hydrogen (secondary N) is 1. The van der Waals surface area contributed by atoms with Crippen LogP contribution in [0.15, 0.2) is 60.0 Å². The first kappa shape index (κ1) is 12.7. The molecule has 0 radical (unpaired) electrons. The highest BCUT2D eigenvalue weighted by molar-refractivity contribution is 7.07. The number of ether oxygens (including phenoxy) is 1. The van der Waals surface area contributed by atoms with Crippen molar-refractivity contribution in [3.8, 4) is 22.7 Å². The van der Waals surface area contributed by atoms with Crippen molar-refractivity contribution in [2.45, 2.75) is 0 Å². The summed E-state index contributed by atoms with van der Waals surface area (Å²) in [6.07, 6.45) is 0. The lowest BCUT2D eigenvalue weighted by Crippen LogP contribution is -2.11. The SMILES string of the molecule is COc1cccc(-c2csc(=N)n2-c2ccccc2)c1. The normalized spacial score (nSPS) is 10.4. The van der Waals surface area contributed by atoms with Crippen LogP contribution < -0.4 is 9.54 Å². The van der Waals surface area contributed by atoms with E-state index in [1.165, 1.54) is 11.3 Å². The summed E-state index contributed by atoms with van der Waals surface area (Å²) in [5, 5.41) is 10.1. The highest BCUT2D eigenvalue weighted by Gasteiger charge is 2.09. The fraction of sp³-hybridized carbons (Fsp3) is 0.0625. The predicted octanol–water partition coefficient (Wildman–Crippen LogP) is 3.69. The Morgan fingerprint density at radius 3 is 2.60 bits per heavy atom. The van der Waals surface area contributed by atoms with Gasteiger partial charge in [-0.15, -0.1) is 11.3 Å². The molecule has 0 aliphatic carbocycles. The van der Waals surface area contributed by atoms with Crippen LogP contribution in [0.3, 0.4) is 0 Å². The van der Waals surface area contributed by atoms with Gasteiger partial charge in [0.2, 0.25) is 0 Å². The van der Waals surface area contributed by atoms with Crippen molar-refractivity contribution in [1.82, 2.24) is 4.57 Å². The molecule has 1 heterocycles. The van der Waals surface area contributed by atoms with Crippen LogP contribution >= 0.6 is 11.3 Å².